The van der Waals surface area contributed by atoms with E-state index in [0.29, 0.717) is 22.4 Å². The minimum Gasteiger partial charge on any atom is -0.478 e. The number of nitrogens with one attached hydrogen (secondary N) is 2. The van der Waals surface area contributed by atoms with Gasteiger partial charge in [0, 0.05) is 11.9 Å². The molecule has 7 heteroatoms. The fourth-order valence-electron chi connectivity index (χ4n) is 4.19. The van der Waals surface area contributed by atoms with Gasteiger partial charge in [-0.25, -0.2) is 14.8 Å². The van der Waals surface area contributed by atoms with Crippen LogP contribution in [0.25, 0.3) is 11.0 Å². The Bertz CT molecular complexity index is 1330. The molecule has 152 valence electrons. The van der Waals surface area contributed by atoms with Crippen molar-refractivity contribution < 1.29 is 9.90 Å². The van der Waals surface area contributed by atoms with Crippen molar-refractivity contribution in [3.05, 3.63) is 83.3 Å². The maximum absolute atomic E-state index is 11.6. The number of hydrogen-bond acceptors (Lipinski definition) is 5. The lowest BCUT2D eigenvalue weighted by atomic mass is 9.64. The molecule has 1 saturated carbocycles. The van der Waals surface area contributed by atoms with Crippen molar-refractivity contribution in [2.75, 3.05) is 5.32 Å². The summed E-state index contributed by atoms with van der Waals surface area (Å²) in [4.78, 5) is 24.2. The number of pyridine rings is 1. The molecule has 4 aromatic rings. The molecular weight excluding hydrogens is 390 g/mol. The van der Waals surface area contributed by atoms with E-state index in [0.717, 1.165) is 36.3 Å². The number of nitriles is 1. The van der Waals surface area contributed by atoms with Crippen molar-refractivity contribution in [3.63, 3.8) is 0 Å². The number of H-pyrrole nitrogens is 1. The van der Waals surface area contributed by atoms with Crippen LogP contribution in [-0.2, 0) is 5.41 Å². The average Bonchev–Trinajstić information content (AvgIpc) is 3.18. The Balaban J connectivity index is 1.47. The molecule has 0 atom stereocenters. The van der Waals surface area contributed by atoms with E-state index in [1.54, 1.807) is 24.3 Å². The van der Waals surface area contributed by atoms with Gasteiger partial charge in [-0.05, 0) is 54.8 Å². The van der Waals surface area contributed by atoms with Gasteiger partial charge in [-0.1, -0.05) is 24.6 Å². The number of carbonyl (C=O) groups is 1. The minimum atomic E-state index is -0.971. The van der Waals surface area contributed by atoms with Gasteiger partial charge < -0.3 is 15.4 Å². The highest BCUT2D eigenvalue weighted by Gasteiger charge is 2.43. The topological polar surface area (TPSA) is 115 Å². The molecule has 3 N–H and O–H groups in total. The molecular formula is C24H19N5O2. The number of hydrogen-bond donors (Lipinski definition) is 3. The summed E-state index contributed by atoms with van der Waals surface area (Å²) in [7, 11) is 0. The third-order valence-corrected chi connectivity index (χ3v) is 5.99. The molecule has 2 heterocycles. The molecule has 0 spiro atoms. The van der Waals surface area contributed by atoms with Crippen molar-refractivity contribution >= 4 is 28.5 Å². The number of carboxylic acids is 1. The first-order chi connectivity index (χ1) is 15.1. The maximum Gasteiger partial charge on any atom is 0.337 e. The molecule has 2 aromatic carbocycles. The number of nitrogens with zero attached hydrogens (tertiary/aromatic N) is 3. The smallest absolute Gasteiger partial charge is 0.337 e. The van der Waals surface area contributed by atoms with Crippen molar-refractivity contribution in [3.8, 4) is 6.07 Å². The normalized spacial score (nSPS) is 14.5. The largest absolute Gasteiger partial charge is 0.478 e. The summed E-state index contributed by atoms with van der Waals surface area (Å²) in [5.74, 6) is 0.499. The van der Waals surface area contributed by atoms with E-state index in [1.165, 1.54) is 0 Å². The molecule has 1 aliphatic rings. The Hall–Kier alpha value is -4.18. The fraction of sp³-hybridized carbons (Fsp3) is 0.167. The SMILES string of the molecule is N#Cc1cccc(Nc2ccc(C3(c4nc5cccc(C(=O)O)c5[nH]4)CCC3)cn2)c1. The number of benzene rings is 2. The summed E-state index contributed by atoms with van der Waals surface area (Å²) in [6.45, 7) is 0. The number of aromatic nitrogens is 3. The van der Waals surface area contributed by atoms with E-state index >= 15 is 0 Å². The lowest BCUT2D eigenvalue weighted by Crippen LogP contribution is -2.36. The maximum atomic E-state index is 11.6. The van der Waals surface area contributed by atoms with Gasteiger partial charge in [0.2, 0.25) is 0 Å². The van der Waals surface area contributed by atoms with E-state index in [1.807, 2.05) is 36.5 Å². The molecule has 5 rings (SSSR count). The van der Waals surface area contributed by atoms with E-state index in [9.17, 15) is 9.90 Å². The van der Waals surface area contributed by atoms with Gasteiger partial charge in [0.05, 0.1) is 33.6 Å². The Morgan fingerprint density at radius 3 is 2.68 bits per heavy atom. The average molecular weight is 409 g/mol. The van der Waals surface area contributed by atoms with Crippen LogP contribution in [-0.4, -0.2) is 26.0 Å². The monoisotopic (exact) mass is 409 g/mol. The number of fused-ring (bicyclic) bond motifs is 1. The summed E-state index contributed by atoms with van der Waals surface area (Å²) in [6.07, 6.45) is 4.77. The number of para-hydroxylation sites is 1. The summed E-state index contributed by atoms with van der Waals surface area (Å²) < 4.78 is 0. The molecule has 7 nitrogen and oxygen atoms in total. The van der Waals surface area contributed by atoms with Crippen LogP contribution in [0.15, 0.2) is 60.8 Å². The fourth-order valence-corrected chi connectivity index (χ4v) is 4.19. The zero-order valence-corrected chi connectivity index (χ0v) is 16.6. The lowest BCUT2D eigenvalue weighted by molar-refractivity contribution is 0.0699. The van der Waals surface area contributed by atoms with Crippen LogP contribution in [0.5, 0.6) is 0 Å². The molecule has 31 heavy (non-hydrogen) atoms. The van der Waals surface area contributed by atoms with E-state index < -0.39 is 5.97 Å². The van der Waals surface area contributed by atoms with Crippen molar-refractivity contribution in [1.82, 2.24) is 15.0 Å². The van der Waals surface area contributed by atoms with Crippen LogP contribution in [0.2, 0.25) is 0 Å². The molecule has 0 radical (unpaired) electrons. The summed E-state index contributed by atoms with van der Waals surface area (Å²) in [5, 5.41) is 21.8. The Morgan fingerprint density at radius 1 is 1.16 bits per heavy atom. The number of rotatable bonds is 5. The van der Waals surface area contributed by atoms with Gasteiger partial charge >= 0.3 is 5.97 Å². The number of anilines is 2. The first kappa shape index (κ1) is 18.8. The minimum absolute atomic E-state index is 0.225. The van der Waals surface area contributed by atoms with Gasteiger partial charge in [0.1, 0.15) is 11.6 Å². The summed E-state index contributed by atoms with van der Waals surface area (Å²) in [6, 6.07) is 18.5. The molecule has 1 aliphatic carbocycles. The van der Waals surface area contributed by atoms with Gasteiger partial charge in [-0.15, -0.1) is 0 Å². The molecule has 0 unspecified atom stereocenters. The van der Waals surface area contributed by atoms with Crippen LogP contribution in [0, 0.1) is 11.3 Å². The molecule has 2 aromatic heterocycles. The van der Waals surface area contributed by atoms with Crippen LogP contribution >= 0.6 is 0 Å². The quantitative estimate of drug-likeness (QED) is 0.438. The summed E-state index contributed by atoms with van der Waals surface area (Å²) >= 11 is 0. The van der Waals surface area contributed by atoms with Gasteiger partial charge in [-0.2, -0.15) is 5.26 Å². The van der Waals surface area contributed by atoms with Crippen molar-refractivity contribution in [1.29, 1.82) is 5.26 Å². The first-order valence-electron chi connectivity index (χ1n) is 10.1. The third-order valence-electron chi connectivity index (χ3n) is 5.99. The molecule has 1 fully saturated rings. The predicted octanol–water partition coefficient (Wildman–Crippen LogP) is 4.74. The van der Waals surface area contributed by atoms with Crippen LogP contribution in [0.1, 0.15) is 46.6 Å². The van der Waals surface area contributed by atoms with Gasteiger partial charge in [0.15, 0.2) is 0 Å². The zero-order valence-electron chi connectivity index (χ0n) is 16.6. The molecule has 0 aliphatic heterocycles. The van der Waals surface area contributed by atoms with Gasteiger partial charge in [-0.3, -0.25) is 0 Å². The Labute approximate surface area is 178 Å². The zero-order chi connectivity index (χ0) is 21.4. The second-order valence-corrected chi connectivity index (χ2v) is 7.78. The second-order valence-electron chi connectivity index (χ2n) is 7.78. The van der Waals surface area contributed by atoms with E-state index in [2.05, 4.69) is 21.4 Å². The summed E-state index contributed by atoms with van der Waals surface area (Å²) in [5.41, 5.74) is 3.58. The number of aromatic amines is 1. The van der Waals surface area contributed by atoms with E-state index in [-0.39, 0.29) is 11.0 Å². The Morgan fingerprint density at radius 2 is 2.00 bits per heavy atom. The highest BCUT2D eigenvalue weighted by molar-refractivity contribution is 6.01. The number of carboxylic acid groups (broad SMARTS) is 1. The Kier molecular flexibility index (Phi) is 4.41. The highest BCUT2D eigenvalue weighted by Crippen LogP contribution is 2.48. The number of aromatic carboxylic acids is 1. The van der Waals surface area contributed by atoms with E-state index in [4.69, 9.17) is 10.2 Å². The molecule has 0 bridgehead atoms. The van der Waals surface area contributed by atoms with Gasteiger partial charge in [0.25, 0.3) is 0 Å². The molecule has 0 saturated heterocycles. The highest BCUT2D eigenvalue weighted by atomic mass is 16.4. The molecule has 0 amide bonds. The van der Waals surface area contributed by atoms with Crippen molar-refractivity contribution in [2.45, 2.75) is 24.7 Å². The van der Waals surface area contributed by atoms with Crippen LogP contribution in [0.3, 0.4) is 0 Å². The van der Waals surface area contributed by atoms with Crippen LogP contribution < -0.4 is 5.32 Å². The second kappa shape index (κ2) is 7.26. The van der Waals surface area contributed by atoms with Crippen LogP contribution in [0.4, 0.5) is 11.5 Å². The predicted molar refractivity (Wildman–Crippen MR) is 116 cm³/mol. The lowest BCUT2D eigenvalue weighted by Gasteiger charge is -2.40. The number of imidazole rings is 1. The third kappa shape index (κ3) is 3.19. The van der Waals surface area contributed by atoms with Crippen molar-refractivity contribution in [2.24, 2.45) is 0 Å². The standard InChI is InChI=1S/C24H19N5O2/c25-13-15-4-1-5-17(12-15)27-20-9-8-16(14-26-20)24(10-3-11-24)23-28-19-7-2-6-18(22(30)31)21(19)29-23/h1-2,4-9,12,14H,3,10-11H2,(H,26,27)(H,28,29)(H,30,31). The first-order valence-corrected chi connectivity index (χ1v) is 10.1.